The van der Waals surface area contributed by atoms with Crippen LogP contribution < -0.4 is 5.32 Å². The van der Waals surface area contributed by atoms with Gasteiger partial charge >= 0.3 is 0 Å². The zero-order chi connectivity index (χ0) is 19.1. The maximum atomic E-state index is 12.0. The number of carbonyl (C=O) groups excluding carboxylic acids is 1. The molecule has 1 fully saturated rings. The minimum Gasteiger partial charge on any atom is -0.441 e. The summed E-state index contributed by atoms with van der Waals surface area (Å²) in [4.78, 5) is 18.7. The maximum absolute atomic E-state index is 12.0. The Morgan fingerprint density at radius 1 is 1.22 bits per heavy atom. The summed E-state index contributed by atoms with van der Waals surface area (Å²) in [5.41, 5.74) is 0.738. The molecule has 1 aromatic heterocycles. The standard InChI is InChI=1S/C20H25Cl2N3O2/c21-15-5-6-16(17(22)13-15)18-14-24-20(27-18)8-7-19(26)23-9-4-12-25-10-2-1-3-11-25/h5-6,13-14H,1-4,7-12H2,(H,23,26). The molecule has 1 aromatic carbocycles. The molecule has 0 unspecified atom stereocenters. The average molecular weight is 410 g/mol. The quantitative estimate of drug-likeness (QED) is 0.648. The van der Waals surface area contributed by atoms with Gasteiger partial charge in [0.2, 0.25) is 5.91 Å². The second kappa shape index (κ2) is 10.1. The summed E-state index contributed by atoms with van der Waals surface area (Å²) in [6.45, 7) is 4.16. The van der Waals surface area contributed by atoms with Crippen molar-refractivity contribution in [3.05, 3.63) is 40.3 Å². The predicted octanol–water partition coefficient (Wildman–Crippen LogP) is 4.57. The lowest BCUT2D eigenvalue weighted by Gasteiger charge is -2.26. The van der Waals surface area contributed by atoms with Crippen LogP contribution in [0.15, 0.2) is 28.8 Å². The first-order valence-electron chi connectivity index (χ1n) is 9.51. The van der Waals surface area contributed by atoms with E-state index in [2.05, 4.69) is 15.2 Å². The molecule has 27 heavy (non-hydrogen) atoms. The molecule has 0 bridgehead atoms. The lowest BCUT2D eigenvalue weighted by Crippen LogP contribution is -2.33. The summed E-state index contributed by atoms with van der Waals surface area (Å²) in [5, 5.41) is 4.06. The molecular formula is C20H25Cl2N3O2. The number of aryl methyl sites for hydroxylation is 1. The van der Waals surface area contributed by atoms with E-state index < -0.39 is 0 Å². The summed E-state index contributed by atoms with van der Waals surface area (Å²) >= 11 is 12.1. The van der Waals surface area contributed by atoms with Gasteiger partial charge in [0.05, 0.1) is 11.2 Å². The van der Waals surface area contributed by atoms with Gasteiger partial charge in [-0.15, -0.1) is 0 Å². The third-order valence-corrected chi connectivity index (χ3v) is 5.29. The van der Waals surface area contributed by atoms with Gasteiger partial charge in [0.15, 0.2) is 11.7 Å². The van der Waals surface area contributed by atoms with Crippen LogP contribution >= 0.6 is 23.2 Å². The molecule has 0 spiro atoms. The number of rotatable bonds is 8. The fourth-order valence-corrected chi connectivity index (χ4v) is 3.76. The molecule has 3 rings (SSSR count). The van der Waals surface area contributed by atoms with Crippen molar-refractivity contribution < 1.29 is 9.21 Å². The molecule has 1 amide bonds. The molecule has 0 radical (unpaired) electrons. The Morgan fingerprint density at radius 3 is 2.81 bits per heavy atom. The molecular weight excluding hydrogens is 385 g/mol. The van der Waals surface area contributed by atoms with Gasteiger partial charge in [-0.1, -0.05) is 29.6 Å². The van der Waals surface area contributed by atoms with Gasteiger partial charge in [-0.05, 0) is 57.1 Å². The normalized spacial score (nSPS) is 15.0. The third-order valence-electron chi connectivity index (χ3n) is 4.74. The molecule has 1 aliphatic heterocycles. The Kier molecular flexibility index (Phi) is 7.56. The zero-order valence-electron chi connectivity index (χ0n) is 15.3. The van der Waals surface area contributed by atoms with E-state index >= 15 is 0 Å². The number of halogens is 2. The summed E-state index contributed by atoms with van der Waals surface area (Å²) in [7, 11) is 0. The molecule has 146 valence electrons. The highest BCUT2D eigenvalue weighted by atomic mass is 35.5. The first-order chi connectivity index (χ1) is 13.1. The number of aromatic nitrogens is 1. The van der Waals surface area contributed by atoms with Crippen molar-refractivity contribution in [1.82, 2.24) is 15.2 Å². The van der Waals surface area contributed by atoms with Gasteiger partial charge in [-0.2, -0.15) is 0 Å². The largest absolute Gasteiger partial charge is 0.441 e. The highest BCUT2D eigenvalue weighted by molar-refractivity contribution is 6.36. The van der Waals surface area contributed by atoms with E-state index in [9.17, 15) is 4.79 Å². The van der Waals surface area contributed by atoms with Crippen molar-refractivity contribution >= 4 is 29.1 Å². The first kappa shape index (κ1) is 20.2. The lowest BCUT2D eigenvalue weighted by molar-refractivity contribution is -0.121. The summed E-state index contributed by atoms with van der Waals surface area (Å²) in [6.07, 6.45) is 7.38. The number of hydrogen-bond donors (Lipinski definition) is 1. The summed E-state index contributed by atoms with van der Waals surface area (Å²) in [6, 6.07) is 5.21. The number of hydrogen-bond acceptors (Lipinski definition) is 4. The summed E-state index contributed by atoms with van der Waals surface area (Å²) in [5.74, 6) is 1.13. The van der Waals surface area contributed by atoms with Crippen molar-refractivity contribution in [2.45, 2.75) is 38.5 Å². The van der Waals surface area contributed by atoms with Gasteiger partial charge in [-0.25, -0.2) is 4.98 Å². The van der Waals surface area contributed by atoms with Crippen molar-refractivity contribution in [2.75, 3.05) is 26.2 Å². The molecule has 7 heteroatoms. The van der Waals surface area contributed by atoms with Crippen molar-refractivity contribution in [3.63, 3.8) is 0 Å². The van der Waals surface area contributed by atoms with E-state index in [-0.39, 0.29) is 5.91 Å². The third kappa shape index (κ3) is 6.23. The van der Waals surface area contributed by atoms with E-state index in [1.54, 1.807) is 24.4 Å². The monoisotopic (exact) mass is 409 g/mol. The molecule has 1 N–H and O–H groups in total. The van der Waals surface area contributed by atoms with Gasteiger partial charge in [0.1, 0.15) is 0 Å². The zero-order valence-corrected chi connectivity index (χ0v) is 16.9. The van der Waals surface area contributed by atoms with Crippen LogP contribution in [0.2, 0.25) is 10.0 Å². The smallest absolute Gasteiger partial charge is 0.220 e. The molecule has 1 aliphatic rings. The van der Waals surface area contributed by atoms with Gasteiger partial charge in [0, 0.05) is 30.0 Å². The Balaban J connectivity index is 1.38. The number of piperidine rings is 1. The Labute approximate surface area is 170 Å². The molecule has 0 aliphatic carbocycles. The second-order valence-electron chi connectivity index (χ2n) is 6.85. The molecule has 2 aromatic rings. The van der Waals surface area contributed by atoms with Crippen LogP contribution in [-0.2, 0) is 11.2 Å². The fraction of sp³-hybridized carbons (Fsp3) is 0.500. The lowest BCUT2D eigenvalue weighted by atomic mass is 10.1. The number of carbonyl (C=O) groups is 1. The highest BCUT2D eigenvalue weighted by Crippen LogP contribution is 2.30. The average Bonchev–Trinajstić information content (AvgIpc) is 3.13. The Hall–Kier alpha value is -1.56. The van der Waals surface area contributed by atoms with Crippen molar-refractivity contribution in [1.29, 1.82) is 0 Å². The molecule has 0 atom stereocenters. The van der Waals surface area contributed by atoms with E-state index in [1.807, 2.05) is 0 Å². The molecule has 0 saturated carbocycles. The Bertz CT molecular complexity index is 757. The number of nitrogens with one attached hydrogen (secondary N) is 1. The number of benzene rings is 1. The van der Waals surface area contributed by atoms with E-state index in [0.29, 0.717) is 41.1 Å². The number of nitrogens with zero attached hydrogens (tertiary/aromatic N) is 2. The first-order valence-corrected chi connectivity index (χ1v) is 10.3. The Morgan fingerprint density at radius 2 is 2.04 bits per heavy atom. The minimum atomic E-state index is 0.0259. The van der Waals surface area contributed by atoms with Crippen LogP contribution in [0, 0.1) is 0 Å². The van der Waals surface area contributed by atoms with Crippen LogP contribution in [0.1, 0.15) is 38.0 Å². The fourth-order valence-electron chi connectivity index (χ4n) is 3.26. The van der Waals surface area contributed by atoms with Gasteiger partial charge in [-0.3, -0.25) is 4.79 Å². The van der Waals surface area contributed by atoms with E-state index in [0.717, 1.165) is 18.5 Å². The van der Waals surface area contributed by atoms with Crippen LogP contribution in [0.3, 0.4) is 0 Å². The van der Waals surface area contributed by atoms with Gasteiger partial charge < -0.3 is 14.6 Å². The second-order valence-corrected chi connectivity index (χ2v) is 7.69. The van der Waals surface area contributed by atoms with Crippen LogP contribution in [-0.4, -0.2) is 42.0 Å². The van der Waals surface area contributed by atoms with Crippen LogP contribution in [0.4, 0.5) is 0 Å². The SMILES string of the molecule is O=C(CCc1ncc(-c2ccc(Cl)cc2Cl)o1)NCCCN1CCCCC1. The molecule has 1 saturated heterocycles. The highest BCUT2D eigenvalue weighted by Gasteiger charge is 2.12. The molecule has 2 heterocycles. The van der Waals surface area contributed by atoms with Crippen molar-refractivity contribution in [3.8, 4) is 11.3 Å². The number of amides is 1. The number of oxazole rings is 1. The topological polar surface area (TPSA) is 58.4 Å². The number of likely N-dealkylation sites (tertiary alicyclic amines) is 1. The van der Waals surface area contributed by atoms with E-state index in [1.165, 1.54) is 32.4 Å². The van der Waals surface area contributed by atoms with Crippen LogP contribution in [0.5, 0.6) is 0 Å². The predicted molar refractivity (Wildman–Crippen MR) is 108 cm³/mol. The molecule has 5 nitrogen and oxygen atoms in total. The summed E-state index contributed by atoms with van der Waals surface area (Å²) < 4.78 is 5.72. The van der Waals surface area contributed by atoms with Gasteiger partial charge in [0.25, 0.3) is 0 Å². The van der Waals surface area contributed by atoms with Crippen molar-refractivity contribution in [2.24, 2.45) is 0 Å². The minimum absolute atomic E-state index is 0.0259. The van der Waals surface area contributed by atoms with Crippen LogP contribution in [0.25, 0.3) is 11.3 Å². The maximum Gasteiger partial charge on any atom is 0.220 e. The van der Waals surface area contributed by atoms with E-state index in [4.69, 9.17) is 27.6 Å².